The van der Waals surface area contributed by atoms with Crippen molar-refractivity contribution < 1.29 is 0 Å². The summed E-state index contributed by atoms with van der Waals surface area (Å²) in [6.45, 7) is 1.97. The second-order valence-corrected chi connectivity index (χ2v) is 4.58. The van der Waals surface area contributed by atoms with Gasteiger partial charge in [0.1, 0.15) is 0 Å². The lowest BCUT2D eigenvalue weighted by Gasteiger charge is -2.02. The molecule has 0 aliphatic rings. The van der Waals surface area contributed by atoms with Gasteiger partial charge in [0.25, 0.3) is 0 Å². The predicted molar refractivity (Wildman–Crippen MR) is 71.7 cm³/mol. The largest absolute Gasteiger partial charge is 0.278 e. The Hall–Kier alpha value is -1.32. The maximum absolute atomic E-state index is 6.00. The van der Waals surface area contributed by atoms with Crippen LogP contribution in [-0.2, 0) is 0 Å². The summed E-state index contributed by atoms with van der Waals surface area (Å²) in [5, 5.41) is 8.93. The lowest BCUT2D eigenvalue weighted by atomic mass is 10.2. The van der Waals surface area contributed by atoms with E-state index in [4.69, 9.17) is 11.6 Å². The predicted octanol–water partition coefficient (Wildman–Crippen LogP) is 4.16. The fourth-order valence-corrected chi connectivity index (χ4v) is 1.98. The molecule has 82 valence electrons. The second-order valence-electron chi connectivity index (χ2n) is 3.39. The van der Waals surface area contributed by atoms with Gasteiger partial charge in [0.15, 0.2) is 0 Å². The molecule has 1 aromatic heterocycles. The fraction of sp³-hybridized carbons (Fsp3) is 0.0833. The molecule has 2 rings (SSSR count). The molecule has 0 spiro atoms. The molecular weight excluding hydrogens is 240 g/mol. The van der Waals surface area contributed by atoms with E-state index in [2.05, 4.69) is 10.5 Å². The van der Waals surface area contributed by atoms with Gasteiger partial charge in [-0.3, -0.25) is 5.43 Å². The van der Waals surface area contributed by atoms with Crippen molar-refractivity contribution in [2.45, 2.75) is 6.92 Å². The van der Waals surface area contributed by atoms with Gasteiger partial charge in [-0.15, -0.1) is 0 Å². The fourth-order valence-electron chi connectivity index (χ4n) is 1.19. The first-order chi connectivity index (χ1) is 7.75. The highest BCUT2D eigenvalue weighted by Gasteiger charge is 1.95. The van der Waals surface area contributed by atoms with E-state index in [9.17, 15) is 0 Å². The topological polar surface area (TPSA) is 24.4 Å². The van der Waals surface area contributed by atoms with Gasteiger partial charge in [-0.2, -0.15) is 16.4 Å². The maximum Gasteiger partial charge on any atom is 0.0576 e. The molecule has 1 N–H and O–H groups in total. The zero-order valence-electron chi connectivity index (χ0n) is 8.77. The highest BCUT2D eigenvalue weighted by Crippen LogP contribution is 2.19. The number of halogens is 1. The third kappa shape index (κ3) is 2.84. The third-order valence-electron chi connectivity index (χ3n) is 2.12. The van der Waals surface area contributed by atoms with E-state index >= 15 is 0 Å². The van der Waals surface area contributed by atoms with Crippen molar-refractivity contribution in [1.82, 2.24) is 0 Å². The van der Waals surface area contributed by atoms with Crippen LogP contribution in [0.2, 0.25) is 5.02 Å². The Kier molecular flexibility index (Phi) is 3.59. The summed E-state index contributed by atoms with van der Waals surface area (Å²) in [7, 11) is 0. The number of thiophene rings is 1. The third-order valence-corrected chi connectivity index (χ3v) is 3.23. The number of nitrogens with zero attached hydrogens (tertiary/aromatic N) is 1. The molecule has 4 heteroatoms. The second kappa shape index (κ2) is 5.14. The molecule has 16 heavy (non-hydrogen) atoms. The standard InChI is InChI=1S/C12H11ClN2S/c1-9-2-3-11(6-12(9)13)15-14-7-10-4-5-16-8-10/h2-8,15H,1H3/b14-7-. The smallest absolute Gasteiger partial charge is 0.0576 e. The van der Waals surface area contributed by atoms with Crippen LogP contribution in [0.5, 0.6) is 0 Å². The van der Waals surface area contributed by atoms with E-state index in [0.717, 1.165) is 21.8 Å². The molecule has 0 unspecified atom stereocenters. The van der Waals surface area contributed by atoms with E-state index < -0.39 is 0 Å². The quantitative estimate of drug-likeness (QED) is 0.642. The molecule has 0 amide bonds. The molecule has 0 bridgehead atoms. The molecule has 2 nitrogen and oxygen atoms in total. The first-order valence-corrected chi connectivity index (χ1v) is 6.15. The summed E-state index contributed by atoms with van der Waals surface area (Å²) in [6.07, 6.45) is 1.78. The minimum Gasteiger partial charge on any atom is -0.278 e. The van der Waals surface area contributed by atoms with Crippen molar-refractivity contribution in [2.24, 2.45) is 5.10 Å². The van der Waals surface area contributed by atoms with Crippen LogP contribution in [0, 0.1) is 6.92 Å². The number of hydrogen-bond donors (Lipinski definition) is 1. The average molecular weight is 251 g/mol. The van der Waals surface area contributed by atoms with E-state index in [0.29, 0.717) is 0 Å². The highest BCUT2D eigenvalue weighted by atomic mass is 35.5. The maximum atomic E-state index is 6.00. The molecule has 1 aromatic carbocycles. The molecule has 0 atom stereocenters. The van der Waals surface area contributed by atoms with E-state index in [-0.39, 0.29) is 0 Å². The average Bonchev–Trinajstić information content (AvgIpc) is 2.76. The Morgan fingerprint density at radius 3 is 2.94 bits per heavy atom. The Morgan fingerprint density at radius 1 is 1.38 bits per heavy atom. The summed E-state index contributed by atoms with van der Waals surface area (Å²) in [6, 6.07) is 7.79. The van der Waals surface area contributed by atoms with Crippen molar-refractivity contribution >= 4 is 34.8 Å². The van der Waals surface area contributed by atoms with Gasteiger partial charge >= 0.3 is 0 Å². The van der Waals surface area contributed by atoms with Crippen molar-refractivity contribution in [3.63, 3.8) is 0 Å². The Labute approximate surface area is 104 Å². The summed E-state index contributed by atoms with van der Waals surface area (Å²) >= 11 is 7.65. The Morgan fingerprint density at radius 2 is 2.25 bits per heavy atom. The molecule has 0 saturated heterocycles. The first-order valence-electron chi connectivity index (χ1n) is 4.83. The normalized spacial score (nSPS) is 10.9. The number of anilines is 1. The lowest BCUT2D eigenvalue weighted by molar-refractivity contribution is 1.34. The van der Waals surface area contributed by atoms with Crippen LogP contribution < -0.4 is 5.43 Å². The number of aryl methyl sites for hydroxylation is 1. The lowest BCUT2D eigenvalue weighted by Crippen LogP contribution is -1.90. The van der Waals surface area contributed by atoms with Crippen LogP contribution in [0.25, 0.3) is 0 Å². The molecule has 0 aliphatic carbocycles. The zero-order valence-corrected chi connectivity index (χ0v) is 10.3. The van der Waals surface area contributed by atoms with E-state index in [1.807, 2.05) is 41.9 Å². The van der Waals surface area contributed by atoms with Crippen LogP contribution in [0.4, 0.5) is 5.69 Å². The van der Waals surface area contributed by atoms with E-state index in [1.165, 1.54) is 0 Å². The Bertz CT molecular complexity index is 492. The van der Waals surface area contributed by atoms with Crippen molar-refractivity contribution in [2.75, 3.05) is 5.43 Å². The molecule has 1 heterocycles. The van der Waals surface area contributed by atoms with Gasteiger partial charge in [0.05, 0.1) is 11.9 Å². The van der Waals surface area contributed by atoms with Crippen LogP contribution >= 0.6 is 22.9 Å². The molecular formula is C12H11ClN2S. The SMILES string of the molecule is Cc1ccc(N/N=C\c2ccsc2)cc1Cl. The van der Waals surface area contributed by atoms with Crippen molar-refractivity contribution in [3.8, 4) is 0 Å². The summed E-state index contributed by atoms with van der Waals surface area (Å²) in [4.78, 5) is 0. The van der Waals surface area contributed by atoms with Crippen LogP contribution in [-0.4, -0.2) is 6.21 Å². The van der Waals surface area contributed by atoms with Crippen LogP contribution in [0.15, 0.2) is 40.1 Å². The Balaban J connectivity index is 2.02. The summed E-state index contributed by atoms with van der Waals surface area (Å²) in [5.74, 6) is 0. The summed E-state index contributed by atoms with van der Waals surface area (Å²) < 4.78 is 0. The molecule has 0 saturated carbocycles. The molecule has 0 fully saturated rings. The summed E-state index contributed by atoms with van der Waals surface area (Å²) in [5.41, 5.74) is 5.99. The van der Waals surface area contributed by atoms with Gasteiger partial charge in [0.2, 0.25) is 0 Å². The molecule has 0 aliphatic heterocycles. The number of hydrazone groups is 1. The number of rotatable bonds is 3. The zero-order chi connectivity index (χ0) is 11.4. The van der Waals surface area contributed by atoms with Crippen molar-refractivity contribution in [3.05, 3.63) is 51.2 Å². The van der Waals surface area contributed by atoms with Crippen LogP contribution in [0.3, 0.4) is 0 Å². The van der Waals surface area contributed by atoms with E-state index in [1.54, 1.807) is 17.6 Å². The number of nitrogens with one attached hydrogen (secondary N) is 1. The minimum atomic E-state index is 0.746. The molecule has 0 radical (unpaired) electrons. The number of benzene rings is 1. The molecule has 2 aromatic rings. The number of hydrogen-bond acceptors (Lipinski definition) is 3. The van der Waals surface area contributed by atoms with Gasteiger partial charge in [-0.1, -0.05) is 17.7 Å². The first kappa shape index (κ1) is 11.2. The monoisotopic (exact) mass is 250 g/mol. The highest BCUT2D eigenvalue weighted by molar-refractivity contribution is 7.08. The van der Waals surface area contributed by atoms with Crippen LogP contribution in [0.1, 0.15) is 11.1 Å². The van der Waals surface area contributed by atoms with Gasteiger partial charge < -0.3 is 0 Å². The van der Waals surface area contributed by atoms with Gasteiger partial charge in [-0.05, 0) is 41.4 Å². The van der Waals surface area contributed by atoms with Gasteiger partial charge in [-0.25, -0.2) is 0 Å². The van der Waals surface area contributed by atoms with Crippen molar-refractivity contribution in [1.29, 1.82) is 0 Å². The van der Waals surface area contributed by atoms with Gasteiger partial charge in [0, 0.05) is 10.6 Å². The minimum absolute atomic E-state index is 0.746.